The van der Waals surface area contributed by atoms with Crippen LogP contribution in [0.5, 0.6) is 0 Å². The zero-order valence-corrected chi connectivity index (χ0v) is 23.0. The molecule has 0 saturated carbocycles. The second kappa shape index (κ2) is 12.7. The Morgan fingerprint density at radius 2 is 1.57 bits per heavy atom. The monoisotopic (exact) mass is 541 g/mol. The summed E-state index contributed by atoms with van der Waals surface area (Å²) in [5, 5.41) is 3.62. The van der Waals surface area contributed by atoms with E-state index in [9.17, 15) is 18.0 Å². The fraction of sp³-hybridized carbons (Fsp3) is 0.440. The van der Waals surface area contributed by atoms with E-state index in [2.05, 4.69) is 5.32 Å². The van der Waals surface area contributed by atoms with Crippen molar-refractivity contribution < 1.29 is 18.0 Å². The van der Waals surface area contributed by atoms with Gasteiger partial charge in [0.05, 0.1) is 11.4 Å². The lowest BCUT2D eigenvalue weighted by Crippen LogP contribution is -2.53. The number of halogens is 2. The van der Waals surface area contributed by atoms with E-state index in [1.165, 1.54) is 24.1 Å². The summed E-state index contributed by atoms with van der Waals surface area (Å²) in [7, 11) is -2.57. The van der Waals surface area contributed by atoms with E-state index < -0.39 is 28.5 Å². The van der Waals surface area contributed by atoms with Crippen LogP contribution in [0, 0.1) is 6.92 Å². The zero-order chi connectivity index (χ0) is 26.3. The summed E-state index contributed by atoms with van der Waals surface area (Å²) in [4.78, 5) is 28.0. The van der Waals surface area contributed by atoms with Crippen LogP contribution in [0.2, 0.25) is 10.0 Å². The molecular weight excluding hydrogens is 509 g/mol. The summed E-state index contributed by atoms with van der Waals surface area (Å²) in [6, 6.07) is 10.5. The van der Waals surface area contributed by atoms with Crippen molar-refractivity contribution in [3.63, 3.8) is 0 Å². The molecule has 0 aromatic heterocycles. The normalized spacial score (nSPS) is 13.4. The molecule has 0 aliphatic rings. The predicted molar refractivity (Wildman–Crippen MR) is 140 cm³/mol. The van der Waals surface area contributed by atoms with Crippen LogP contribution in [-0.4, -0.2) is 55.1 Å². The maximum atomic E-state index is 13.5. The number of rotatable bonds is 11. The van der Waals surface area contributed by atoms with E-state index in [-0.39, 0.29) is 23.4 Å². The number of carbonyl (C=O) groups excluding carboxylic acids is 2. The van der Waals surface area contributed by atoms with Crippen LogP contribution in [0.25, 0.3) is 0 Å². The lowest BCUT2D eigenvalue weighted by atomic mass is 10.1. The molecule has 0 unspecified atom stereocenters. The zero-order valence-electron chi connectivity index (χ0n) is 20.7. The topological polar surface area (TPSA) is 86.8 Å². The Hall–Kier alpha value is -2.13. The molecule has 0 heterocycles. The second-order valence-corrected chi connectivity index (χ2v) is 11.4. The summed E-state index contributed by atoms with van der Waals surface area (Å²) in [6.45, 7) is 6.99. The summed E-state index contributed by atoms with van der Waals surface area (Å²) in [6.07, 6.45) is 1.05. The Morgan fingerprint density at radius 3 is 2.09 bits per heavy atom. The number of aryl methyl sites for hydroxylation is 1. The van der Waals surface area contributed by atoms with Crippen LogP contribution < -0.4 is 5.32 Å². The number of benzene rings is 2. The van der Waals surface area contributed by atoms with E-state index in [0.717, 1.165) is 16.3 Å². The molecule has 0 bridgehead atoms. The Bertz CT molecular complexity index is 1120. The van der Waals surface area contributed by atoms with Crippen molar-refractivity contribution in [2.45, 2.75) is 64.1 Å². The van der Waals surface area contributed by atoms with E-state index in [1.807, 2.05) is 20.8 Å². The molecule has 0 radical (unpaired) electrons. The molecule has 2 atom stereocenters. The number of hydrogen-bond donors (Lipinski definition) is 1. The third kappa shape index (κ3) is 7.43. The quantitative estimate of drug-likeness (QED) is 0.448. The standard InChI is InChI=1S/C25H33Cl2N3O4S/c1-6-18(4)28-25(32)23(7-2)30(15-20-21(26)9-8-10-22(20)27)24(31)16-29(5)35(33,34)19-13-11-17(3)12-14-19/h8-14,18,23H,6-7,15-16H2,1-5H3,(H,28,32)/t18-,23-/m0/s1. The maximum Gasteiger partial charge on any atom is 0.243 e. The molecule has 0 aliphatic heterocycles. The first-order valence-corrected chi connectivity index (χ1v) is 13.7. The van der Waals surface area contributed by atoms with Crippen LogP contribution in [0.15, 0.2) is 47.4 Å². The molecule has 35 heavy (non-hydrogen) atoms. The van der Waals surface area contributed by atoms with Crippen LogP contribution in [-0.2, 0) is 26.2 Å². The summed E-state index contributed by atoms with van der Waals surface area (Å²) < 4.78 is 27.1. The lowest BCUT2D eigenvalue weighted by molar-refractivity contribution is -0.141. The molecular formula is C25H33Cl2N3O4S. The molecule has 2 rings (SSSR count). The SMILES string of the molecule is CC[C@H](C)NC(=O)[C@H](CC)N(Cc1c(Cl)cccc1Cl)C(=O)CN(C)S(=O)(=O)c1ccc(C)cc1. The maximum absolute atomic E-state index is 13.5. The number of amides is 2. The minimum Gasteiger partial charge on any atom is -0.352 e. The van der Waals surface area contributed by atoms with Gasteiger partial charge in [-0.05, 0) is 51.0 Å². The highest BCUT2D eigenvalue weighted by atomic mass is 35.5. The second-order valence-electron chi connectivity index (χ2n) is 8.54. The Balaban J connectivity index is 2.39. The van der Waals surface area contributed by atoms with Crippen LogP contribution >= 0.6 is 23.2 Å². The molecule has 0 fully saturated rings. The lowest BCUT2D eigenvalue weighted by Gasteiger charge is -2.33. The molecule has 0 spiro atoms. The number of carbonyl (C=O) groups is 2. The van der Waals surface area contributed by atoms with Crippen LogP contribution in [0.4, 0.5) is 0 Å². The van der Waals surface area contributed by atoms with E-state index in [1.54, 1.807) is 37.3 Å². The van der Waals surface area contributed by atoms with Gasteiger partial charge in [-0.25, -0.2) is 8.42 Å². The van der Waals surface area contributed by atoms with Gasteiger partial charge in [0.1, 0.15) is 6.04 Å². The third-order valence-electron chi connectivity index (χ3n) is 5.86. The average Bonchev–Trinajstić information content (AvgIpc) is 2.80. The number of hydrogen-bond acceptors (Lipinski definition) is 4. The molecule has 0 aliphatic carbocycles. The predicted octanol–water partition coefficient (Wildman–Crippen LogP) is 4.64. The summed E-state index contributed by atoms with van der Waals surface area (Å²) in [5.41, 5.74) is 1.41. The Morgan fingerprint density at radius 1 is 1.00 bits per heavy atom. The molecule has 2 amide bonds. The minimum atomic E-state index is -3.92. The van der Waals surface area contributed by atoms with Crippen molar-refractivity contribution in [2.24, 2.45) is 0 Å². The minimum absolute atomic E-state index is 0.0395. The number of nitrogens with one attached hydrogen (secondary N) is 1. The summed E-state index contributed by atoms with van der Waals surface area (Å²) >= 11 is 12.7. The van der Waals surface area contributed by atoms with Gasteiger partial charge >= 0.3 is 0 Å². The Labute approximate surface area is 218 Å². The van der Waals surface area contributed by atoms with Gasteiger partial charge in [-0.1, -0.05) is 60.8 Å². The number of sulfonamides is 1. The van der Waals surface area contributed by atoms with Crippen molar-refractivity contribution in [1.29, 1.82) is 0 Å². The smallest absolute Gasteiger partial charge is 0.243 e. The molecule has 2 aromatic carbocycles. The van der Waals surface area contributed by atoms with Crippen molar-refractivity contribution in [3.05, 3.63) is 63.6 Å². The number of nitrogens with zero attached hydrogens (tertiary/aromatic N) is 2. The third-order valence-corrected chi connectivity index (χ3v) is 8.39. The summed E-state index contributed by atoms with van der Waals surface area (Å²) in [5.74, 6) is -0.854. The van der Waals surface area contributed by atoms with Crippen molar-refractivity contribution in [1.82, 2.24) is 14.5 Å². The number of likely N-dealkylation sites (N-methyl/N-ethyl adjacent to an activating group) is 1. The molecule has 7 nitrogen and oxygen atoms in total. The average molecular weight is 543 g/mol. The van der Waals surface area contributed by atoms with E-state index in [0.29, 0.717) is 22.0 Å². The first-order valence-electron chi connectivity index (χ1n) is 11.5. The van der Waals surface area contributed by atoms with Gasteiger partial charge in [0.2, 0.25) is 21.8 Å². The Kier molecular flexibility index (Phi) is 10.6. The van der Waals surface area contributed by atoms with Crippen molar-refractivity contribution in [2.75, 3.05) is 13.6 Å². The van der Waals surface area contributed by atoms with Gasteiger partial charge < -0.3 is 10.2 Å². The molecule has 192 valence electrons. The highest BCUT2D eigenvalue weighted by Gasteiger charge is 2.32. The highest BCUT2D eigenvalue weighted by Crippen LogP contribution is 2.27. The van der Waals surface area contributed by atoms with Crippen molar-refractivity contribution in [3.8, 4) is 0 Å². The van der Waals surface area contributed by atoms with Gasteiger partial charge in [-0.15, -0.1) is 0 Å². The molecule has 2 aromatic rings. The van der Waals surface area contributed by atoms with Crippen LogP contribution in [0.3, 0.4) is 0 Å². The fourth-order valence-electron chi connectivity index (χ4n) is 3.47. The largest absolute Gasteiger partial charge is 0.352 e. The fourth-order valence-corrected chi connectivity index (χ4v) is 5.11. The van der Waals surface area contributed by atoms with Gasteiger partial charge in [0.15, 0.2) is 0 Å². The first-order chi connectivity index (χ1) is 16.4. The van der Waals surface area contributed by atoms with Gasteiger partial charge in [0.25, 0.3) is 0 Å². The molecule has 1 N–H and O–H groups in total. The van der Waals surface area contributed by atoms with Crippen molar-refractivity contribution >= 4 is 45.0 Å². The molecule has 10 heteroatoms. The first kappa shape index (κ1) is 29.1. The van der Waals surface area contributed by atoms with E-state index in [4.69, 9.17) is 23.2 Å². The van der Waals surface area contributed by atoms with Gasteiger partial charge in [-0.3, -0.25) is 9.59 Å². The van der Waals surface area contributed by atoms with Gasteiger partial charge in [-0.2, -0.15) is 4.31 Å². The highest BCUT2D eigenvalue weighted by molar-refractivity contribution is 7.89. The molecule has 0 saturated heterocycles. The van der Waals surface area contributed by atoms with Crippen LogP contribution in [0.1, 0.15) is 44.7 Å². The van der Waals surface area contributed by atoms with E-state index >= 15 is 0 Å². The van der Waals surface area contributed by atoms with Gasteiger partial charge in [0, 0.05) is 35.2 Å².